The van der Waals surface area contributed by atoms with Gasteiger partial charge in [-0.05, 0) is 62.2 Å². The third kappa shape index (κ3) is 10.8. The summed E-state index contributed by atoms with van der Waals surface area (Å²) in [5, 5.41) is 9.01. The molecule has 3 amide bonds. The molecule has 10 heteroatoms. The molecule has 0 aliphatic carbocycles. The van der Waals surface area contributed by atoms with Gasteiger partial charge in [-0.25, -0.2) is 5.43 Å². The molecule has 2 aromatic rings. The van der Waals surface area contributed by atoms with Crippen molar-refractivity contribution < 1.29 is 23.9 Å². The molecule has 0 spiro atoms. The summed E-state index contributed by atoms with van der Waals surface area (Å²) in [7, 11) is 0. The Morgan fingerprint density at radius 1 is 1.09 bits per heavy atom. The predicted molar refractivity (Wildman–Crippen MR) is 129 cm³/mol. The van der Waals surface area contributed by atoms with Gasteiger partial charge in [0.15, 0.2) is 6.61 Å². The van der Waals surface area contributed by atoms with E-state index in [0.29, 0.717) is 36.6 Å². The van der Waals surface area contributed by atoms with Crippen LogP contribution in [-0.2, 0) is 19.1 Å². The van der Waals surface area contributed by atoms with Gasteiger partial charge in [0.1, 0.15) is 5.75 Å². The maximum absolute atomic E-state index is 12.0. The van der Waals surface area contributed by atoms with Gasteiger partial charge in [-0.1, -0.05) is 28.1 Å². The van der Waals surface area contributed by atoms with Crippen LogP contribution in [0.15, 0.2) is 58.1 Å². The van der Waals surface area contributed by atoms with Crippen LogP contribution >= 0.6 is 15.9 Å². The van der Waals surface area contributed by atoms with Crippen LogP contribution in [0.2, 0.25) is 0 Å². The van der Waals surface area contributed by atoms with Crippen LogP contribution in [-0.4, -0.2) is 49.8 Å². The molecule has 0 fully saturated rings. The maximum Gasteiger partial charge on any atom is 0.329 e. The Morgan fingerprint density at radius 2 is 1.85 bits per heavy atom. The molecule has 2 rings (SSSR count). The van der Waals surface area contributed by atoms with Gasteiger partial charge in [-0.2, -0.15) is 5.10 Å². The molecule has 3 N–H and O–H groups in total. The van der Waals surface area contributed by atoms with Crippen LogP contribution in [0, 0.1) is 0 Å². The number of hydrogen-bond donors (Lipinski definition) is 3. The molecule has 0 atom stereocenters. The molecule has 0 heterocycles. The molecule has 0 aliphatic heterocycles. The van der Waals surface area contributed by atoms with Crippen LogP contribution in [0.25, 0.3) is 0 Å². The molecule has 0 unspecified atom stereocenters. The maximum atomic E-state index is 12.0. The Bertz CT molecular complexity index is 964. The molecule has 0 saturated heterocycles. The molecule has 0 aromatic heterocycles. The second kappa shape index (κ2) is 14.0. The zero-order valence-corrected chi connectivity index (χ0v) is 20.1. The lowest BCUT2D eigenvalue weighted by atomic mass is 10.2. The number of benzene rings is 2. The lowest BCUT2D eigenvalue weighted by Crippen LogP contribution is -2.38. The normalized spacial score (nSPS) is 10.8. The lowest BCUT2D eigenvalue weighted by molar-refractivity contribution is -0.139. The van der Waals surface area contributed by atoms with Crippen molar-refractivity contribution in [1.82, 2.24) is 10.7 Å². The Hall–Kier alpha value is -3.24. The summed E-state index contributed by atoms with van der Waals surface area (Å²) in [5.74, 6) is -1.48. The minimum Gasteiger partial charge on any atom is -0.484 e. The summed E-state index contributed by atoms with van der Waals surface area (Å²) in [6, 6.07) is 14.0. The monoisotopic (exact) mass is 518 g/mol. The standard InChI is InChI=1S/C23H27BrN4O5/c1-16(2)32-12-4-11-25-22(30)23(31)28-26-14-17-5-3-6-20(13-17)33-15-21(29)27-19-9-7-18(24)8-10-19/h3,5-10,13-14,16H,4,11-12,15H2,1-2H3,(H,25,30)(H,27,29)(H,28,31)/b26-14-. The molecular weight excluding hydrogens is 492 g/mol. The molecular formula is C23H27BrN4O5. The van der Waals surface area contributed by atoms with Gasteiger partial charge in [-0.3, -0.25) is 14.4 Å². The largest absolute Gasteiger partial charge is 0.484 e. The number of amides is 3. The summed E-state index contributed by atoms with van der Waals surface area (Å²) >= 11 is 3.34. The van der Waals surface area contributed by atoms with E-state index in [-0.39, 0.29) is 18.6 Å². The van der Waals surface area contributed by atoms with Gasteiger partial charge in [-0.15, -0.1) is 0 Å². The number of halogens is 1. The Morgan fingerprint density at radius 3 is 2.58 bits per heavy atom. The average Bonchev–Trinajstić information content (AvgIpc) is 2.79. The summed E-state index contributed by atoms with van der Waals surface area (Å²) in [5.41, 5.74) is 3.45. The Kier molecular flexibility index (Phi) is 11.1. The van der Waals surface area contributed by atoms with Crippen molar-refractivity contribution in [2.45, 2.75) is 26.4 Å². The lowest BCUT2D eigenvalue weighted by Gasteiger charge is -2.08. The number of nitrogens with one attached hydrogen (secondary N) is 3. The number of carbonyl (C=O) groups excluding carboxylic acids is 3. The first-order chi connectivity index (χ1) is 15.8. The number of rotatable bonds is 11. The second-order valence-corrected chi connectivity index (χ2v) is 8.06. The van der Waals surface area contributed by atoms with E-state index in [1.807, 2.05) is 26.0 Å². The fraction of sp³-hybridized carbons (Fsp3) is 0.304. The average molecular weight is 519 g/mol. The van der Waals surface area contributed by atoms with Crippen molar-refractivity contribution in [3.05, 3.63) is 58.6 Å². The van der Waals surface area contributed by atoms with Crippen molar-refractivity contribution in [2.24, 2.45) is 5.10 Å². The predicted octanol–water partition coefficient (Wildman–Crippen LogP) is 2.85. The van der Waals surface area contributed by atoms with E-state index in [0.717, 1.165) is 4.47 Å². The van der Waals surface area contributed by atoms with E-state index >= 15 is 0 Å². The van der Waals surface area contributed by atoms with Gasteiger partial charge in [0.2, 0.25) is 0 Å². The number of carbonyl (C=O) groups is 3. The molecule has 0 aliphatic rings. The number of anilines is 1. The van der Waals surface area contributed by atoms with Crippen molar-refractivity contribution in [1.29, 1.82) is 0 Å². The summed E-state index contributed by atoms with van der Waals surface area (Å²) in [4.78, 5) is 35.6. The highest BCUT2D eigenvalue weighted by Gasteiger charge is 2.11. The number of hydrogen-bond acceptors (Lipinski definition) is 6. The van der Waals surface area contributed by atoms with E-state index in [2.05, 4.69) is 37.1 Å². The Labute approximate surface area is 201 Å². The minimum atomic E-state index is -0.868. The molecule has 9 nitrogen and oxygen atoms in total. The minimum absolute atomic E-state index is 0.122. The molecule has 2 aromatic carbocycles. The fourth-order valence-electron chi connectivity index (χ4n) is 2.45. The molecule has 176 valence electrons. The number of ether oxygens (including phenoxy) is 2. The zero-order valence-electron chi connectivity index (χ0n) is 18.5. The van der Waals surface area contributed by atoms with Gasteiger partial charge in [0.05, 0.1) is 12.3 Å². The van der Waals surface area contributed by atoms with E-state index in [4.69, 9.17) is 9.47 Å². The number of nitrogens with zero attached hydrogens (tertiary/aromatic N) is 1. The fourth-order valence-corrected chi connectivity index (χ4v) is 2.72. The summed E-state index contributed by atoms with van der Waals surface area (Å²) < 4.78 is 11.8. The van der Waals surface area contributed by atoms with Crippen molar-refractivity contribution in [3.8, 4) is 5.75 Å². The first-order valence-corrected chi connectivity index (χ1v) is 11.1. The first-order valence-electron chi connectivity index (χ1n) is 10.3. The highest BCUT2D eigenvalue weighted by Crippen LogP contribution is 2.15. The van der Waals surface area contributed by atoms with Gasteiger partial charge < -0.3 is 20.1 Å². The summed E-state index contributed by atoms with van der Waals surface area (Å²) in [6.45, 7) is 4.51. The van der Waals surface area contributed by atoms with E-state index in [9.17, 15) is 14.4 Å². The topological polar surface area (TPSA) is 118 Å². The highest BCUT2D eigenvalue weighted by molar-refractivity contribution is 9.10. The highest BCUT2D eigenvalue weighted by atomic mass is 79.9. The number of hydrazone groups is 1. The van der Waals surface area contributed by atoms with Crippen molar-refractivity contribution >= 4 is 45.6 Å². The van der Waals surface area contributed by atoms with Crippen LogP contribution in [0.4, 0.5) is 5.69 Å². The third-order valence-electron chi connectivity index (χ3n) is 4.00. The van der Waals surface area contributed by atoms with Crippen LogP contribution < -0.4 is 20.8 Å². The molecule has 0 bridgehead atoms. The first kappa shape index (κ1) is 26.0. The van der Waals surface area contributed by atoms with Crippen LogP contribution in [0.1, 0.15) is 25.8 Å². The van der Waals surface area contributed by atoms with E-state index in [1.54, 1.807) is 36.4 Å². The molecule has 0 saturated carbocycles. The third-order valence-corrected chi connectivity index (χ3v) is 4.53. The Balaban J connectivity index is 1.73. The van der Waals surface area contributed by atoms with E-state index < -0.39 is 11.8 Å². The quantitative estimate of drug-likeness (QED) is 0.183. The smallest absolute Gasteiger partial charge is 0.329 e. The van der Waals surface area contributed by atoms with E-state index in [1.165, 1.54) is 6.21 Å². The van der Waals surface area contributed by atoms with Gasteiger partial charge >= 0.3 is 11.8 Å². The van der Waals surface area contributed by atoms with Crippen LogP contribution in [0.3, 0.4) is 0 Å². The van der Waals surface area contributed by atoms with Crippen molar-refractivity contribution in [2.75, 3.05) is 25.1 Å². The summed E-state index contributed by atoms with van der Waals surface area (Å²) in [6.07, 6.45) is 2.10. The SMILES string of the molecule is CC(C)OCCCNC(=O)C(=O)N/N=C\c1cccc(OCC(=O)Nc2ccc(Br)cc2)c1. The zero-order chi connectivity index (χ0) is 24.1. The molecule has 0 radical (unpaired) electrons. The second-order valence-electron chi connectivity index (χ2n) is 7.14. The van der Waals surface area contributed by atoms with Gasteiger partial charge in [0.25, 0.3) is 5.91 Å². The van der Waals surface area contributed by atoms with Crippen molar-refractivity contribution in [3.63, 3.8) is 0 Å². The van der Waals surface area contributed by atoms with Gasteiger partial charge in [0, 0.05) is 23.3 Å². The van der Waals surface area contributed by atoms with Crippen LogP contribution in [0.5, 0.6) is 5.75 Å². The molecule has 33 heavy (non-hydrogen) atoms.